The third-order valence-corrected chi connectivity index (χ3v) is 3.80. The number of rotatable bonds is 6. The van der Waals surface area contributed by atoms with Crippen molar-refractivity contribution < 1.29 is 9.84 Å². The summed E-state index contributed by atoms with van der Waals surface area (Å²) in [7, 11) is 0. The van der Waals surface area contributed by atoms with Gasteiger partial charge in [0.2, 0.25) is 0 Å². The van der Waals surface area contributed by atoms with E-state index in [1.54, 1.807) is 0 Å². The quantitative estimate of drug-likeness (QED) is 0.829. The summed E-state index contributed by atoms with van der Waals surface area (Å²) < 4.78 is 5.70. The SMILES string of the molecule is CC(C)Oc1cccc(CNC2(CO)CCCC2)c1. The maximum absolute atomic E-state index is 9.58. The van der Waals surface area contributed by atoms with Crippen molar-refractivity contribution in [3.63, 3.8) is 0 Å². The van der Waals surface area contributed by atoms with Gasteiger partial charge in [0.05, 0.1) is 12.7 Å². The van der Waals surface area contributed by atoms with Crippen LogP contribution in [0.5, 0.6) is 5.75 Å². The third kappa shape index (κ3) is 3.95. The standard InChI is InChI=1S/C16H25NO2/c1-13(2)19-15-7-5-6-14(10-15)11-17-16(12-18)8-3-4-9-16/h5-7,10,13,17-18H,3-4,8-9,11-12H2,1-2H3. The maximum Gasteiger partial charge on any atom is 0.120 e. The predicted octanol–water partition coefficient (Wildman–Crippen LogP) is 2.87. The van der Waals surface area contributed by atoms with Crippen LogP contribution >= 0.6 is 0 Å². The lowest BCUT2D eigenvalue weighted by molar-refractivity contribution is 0.163. The molecule has 19 heavy (non-hydrogen) atoms. The average Bonchev–Trinajstić information content (AvgIpc) is 2.86. The summed E-state index contributed by atoms with van der Waals surface area (Å²) >= 11 is 0. The van der Waals surface area contributed by atoms with E-state index in [-0.39, 0.29) is 18.2 Å². The molecule has 1 aliphatic carbocycles. The van der Waals surface area contributed by atoms with E-state index in [9.17, 15) is 5.11 Å². The summed E-state index contributed by atoms with van der Waals surface area (Å²) in [5.74, 6) is 0.916. The van der Waals surface area contributed by atoms with Crippen LogP contribution in [0.25, 0.3) is 0 Å². The molecule has 0 amide bonds. The van der Waals surface area contributed by atoms with Gasteiger partial charge >= 0.3 is 0 Å². The fourth-order valence-corrected chi connectivity index (χ4v) is 2.73. The molecular weight excluding hydrogens is 238 g/mol. The van der Waals surface area contributed by atoms with Crippen molar-refractivity contribution in [1.29, 1.82) is 0 Å². The largest absolute Gasteiger partial charge is 0.491 e. The molecule has 0 spiro atoms. The van der Waals surface area contributed by atoms with Gasteiger partial charge in [0.25, 0.3) is 0 Å². The summed E-state index contributed by atoms with van der Waals surface area (Å²) in [6.07, 6.45) is 4.77. The van der Waals surface area contributed by atoms with E-state index in [2.05, 4.69) is 17.4 Å². The fourth-order valence-electron chi connectivity index (χ4n) is 2.73. The summed E-state index contributed by atoms with van der Waals surface area (Å²) in [6, 6.07) is 8.18. The van der Waals surface area contributed by atoms with Crippen LogP contribution in [0.3, 0.4) is 0 Å². The molecule has 0 aromatic heterocycles. The van der Waals surface area contributed by atoms with E-state index >= 15 is 0 Å². The van der Waals surface area contributed by atoms with Gasteiger partial charge in [0.1, 0.15) is 5.75 Å². The molecule has 0 bridgehead atoms. The molecule has 0 atom stereocenters. The first kappa shape index (κ1) is 14.4. The summed E-state index contributed by atoms with van der Waals surface area (Å²) in [4.78, 5) is 0. The average molecular weight is 263 g/mol. The molecule has 1 aromatic rings. The van der Waals surface area contributed by atoms with E-state index in [0.717, 1.165) is 25.1 Å². The molecular formula is C16H25NO2. The molecule has 0 radical (unpaired) electrons. The van der Waals surface area contributed by atoms with Crippen molar-refractivity contribution >= 4 is 0 Å². The third-order valence-electron chi connectivity index (χ3n) is 3.80. The number of ether oxygens (including phenoxy) is 1. The Morgan fingerprint density at radius 1 is 1.32 bits per heavy atom. The highest BCUT2D eigenvalue weighted by atomic mass is 16.5. The molecule has 1 saturated carbocycles. The second-order valence-corrected chi connectivity index (χ2v) is 5.81. The molecule has 1 aromatic carbocycles. The number of hydrogen-bond donors (Lipinski definition) is 2. The first-order chi connectivity index (χ1) is 9.13. The smallest absolute Gasteiger partial charge is 0.120 e. The first-order valence-electron chi connectivity index (χ1n) is 7.25. The minimum Gasteiger partial charge on any atom is -0.491 e. The molecule has 0 saturated heterocycles. The normalized spacial score (nSPS) is 17.9. The van der Waals surface area contributed by atoms with Gasteiger partial charge < -0.3 is 15.2 Å². The zero-order chi connectivity index (χ0) is 13.7. The molecule has 3 heteroatoms. The first-order valence-corrected chi connectivity index (χ1v) is 7.25. The van der Waals surface area contributed by atoms with Gasteiger partial charge in [-0.2, -0.15) is 0 Å². The van der Waals surface area contributed by atoms with Crippen LogP contribution in [-0.4, -0.2) is 23.4 Å². The maximum atomic E-state index is 9.58. The summed E-state index contributed by atoms with van der Waals surface area (Å²) in [6.45, 7) is 5.08. The molecule has 2 N–H and O–H groups in total. The van der Waals surface area contributed by atoms with Crippen molar-refractivity contribution in [2.24, 2.45) is 0 Å². The van der Waals surface area contributed by atoms with Crippen molar-refractivity contribution in [3.05, 3.63) is 29.8 Å². The Kier molecular flexibility index (Phi) is 4.83. The zero-order valence-corrected chi connectivity index (χ0v) is 12.0. The molecule has 1 aliphatic rings. The van der Waals surface area contributed by atoms with Gasteiger partial charge in [0, 0.05) is 12.1 Å². The van der Waals surface area contributed by atoms with Crippen LogP contribution < -0.4 is 10.1 Å². The second-order valence-electron chi connectivity index (χ2n) is 5.81. The lowest BCUT2D eigenvalue weighted by atomic mass is 9.98. The summed E-state index contributed by atoms with van der Waals surface area (Å²) in [5.41, 5.74) is 1.15. The highest BCUT2D eigenvalue weighted by Gasteiger charge is 2.32. The number of aliphatic hydroxyl groups is 1. The Morgan fingerprint density at radius 3 is 2.68 bits per heavy atom. The van der Waals surface area contributed by atoms with E-state index in [4.69, 9.17) is 4.74 Å². The molecule has 0 unspecified atom stereocenters. The molecule has 106 valence electrons. The fraction of sp³-hybridized carbons (Fsp3) is 0.625. The van der Waals surface area contributed by atoms with Crippen molar-refractivity contribution in [3.8, 4) is 5.75 Å². The van der Waals surface area contributed by atoms with Gasteiger partial charge in [-0.15, -0.1) is 0 Å². The Morgan fingerprint density at radius 2 is 2.05 bits per heavy atom. The highest BCUT2D eigenvalue weighted by molar-refractivity contribution is 5.28. The lowest BCUT2D eigenvalue weighted by Crippen LogP contribution is -2.45. The minimum absolute atomic E-state index is 0.0606. The van der Waals surface area contributed by atoms with E-state index in [1.165, 1.54) is 18.4 Å². The second kappa shape index (κ2) is 6.40. The monoisotopic (exact) mass is 263 g/mol. The van der Waals surface area contributed by atoms with Gasteiger partial charge in [-0.3, -0.25) is 0 Å². The topological polar surface area (TPSA) is 41.5 Å². The van der Waals surface area contributed by atoms with Crippen molar-refractivity contribution in [2.45, 2.75) is 57.7 Å². The molecule has 2 rings (SSSR count). The molecule has 1 fully saturated rings. The van der Waals surface area contributed by atoms with Crippen LogP contribution in [0.4, 0.5) is 0 Å². The lowest BCUT2D eigenvalue weighted by Gasteiger charge is -2.28. The molecule has 3 nitrogen and oxygen atoms in total. The van der Waals surface area contributed by atoms with Gasteiger partial charge in [-0.05, 0) is 44.4 Å². The predicted molar refractivity (Wildman–Crippen MR) is 77.3 cm³/mol. The Balaban J connectivity index is 1.95. The summed E-state index contributed by atoms with van der Waals surface area (Å²) in [5, 5.41) is 13.1. The van der Waals surface area contributed by atoms with Crippen LogP contribution in [0.15, 0.2) is 24.3 Å². The van der Waals surface area contributed by atoms with Crippen molar-refractivity contribution in [1.82, 2.24) is 5.32 Å². The Labute approximate surface area is 116 Å². The van der Waals surface area contributed by atoms with Crippen LogP contribution in [0, 0.1) is 0 Å². The number of aliphatic hydroxyl groups excluding tert-OH is 1. The highest BCUT2D eigenvalue weighted by Crippen LogP contribution is 2.29. The van der Waals surface area contributed by atoms with E-state index in [1.807, 2.05) is 26.0 Å². The van der Waals surface area contributed by atoms with Crippen molar-refractivity contribution in [2.75, 3.05) is 6.61 Å². The van der Waals surface area contributed by atoms with E-state index in [0.29, 0.717) is 0 Å². The van der Waals surface area contributed by atoms with E-state index < -0.39 is 0 Å². The minimum atomic E-state index is -0.0606. The molecule has 0 heterocycles. The zero-order valence-electron chi connectivity index (χ0n) is 12.0. The number of hydrogen-bond acceptors (Lipinski definition) is 3. The molecule has 0 aliphatic heterocycles. The Hall–Kier alpha value is -1.06. The van der Waals surface area contributed by atoms with Gasteiger partial charge in [-0.1, -0.05) is 25.0 Å². The van der Waals surface area contributed by atoms with Gasteiger partial charge in [-0.25, -0.2) is 0 Å². The van der Waals surface area contributed by atoms with Gasteiger partial charge in [0.15, 0.2) is 0 Å². The number of benzene rings is 1. The van der Waals surface area contributed by atoms with Crippen LogP contribution in [0.2, 0.25) is 0 Å². The van der Waals surface area contributed by atoms with Crippen LogP contribution in [-0.2, 0) is 6.54 Å². The van der Waals surface area contributed by atoms with Crippen LogP contribution in [0.1, 0.15) is 45.1 Å². The Bertz CT molecular complexity index is 397. The number of nitrogens with one attached hydrogen (secondary N) is 1.